The van der Waals surface area contributed by atoms with Crippen LogP contribution < -0.4 is 0 Å². The molecule has 7 aromatic carbocycles. The van der Waals surface area contributed by atoms with Gasteiger partial charge in [0.2, 0.25) is 0 Å². The Morgan fingerprint density at radius 2 is 0.755 bits per heavy atom. The van der Waals surface area contributed by atoms with E-state index < -0.39 is 0 Å². The summed E-state index contributed by atoms with van der Waals surface area (Å²) in [5.41, 5.74) is 11.3. The Morgan fingerprint density at radius 3 is 1.47 bits per heavy atom. The maximum absolute atomic E-state index is 6.37. The smallest absolute Gasteiger partial charge is 0.164 e. The van der Waals surface area contributed by atoms with E-state index in [1.807, 2.05) is 54.6 Å². The summed E-state index contributed by atoms with van der Waals surface area (Å²) < 4.78 is 6.37. The fraction of sp³-hybridized carbons (Fsp3) is 0. The molecule has 0 saturated heterocycles. The van der Waals surface area contributed by atoms with Crippen molar-refractivity contribution >= 4 is 21.9 Å². The molecule has 0 aliphatic rings. The van der Waals surface area contributed by atoms with Crippen LogP contribution in [0.25, 0.3) is 89.5 Å². The van der Waals surface area contributed by atoms with E-state index in [4.69, 9.17) is 19.4 Å². The van der Waals surface area contributed by atoms with Gasteiger partial charge in [-0.25, -0.2) is 15.0 Å². The molecule has 0 amide bonds. The molecule has 0 aliphatic carbocycles. The van der Waals surface area contributed by atoms with Gasteiger partial charge in [0.05, 0.1) is 0 Å². The highest BCUT2D eigenvalue weighted by molar-refractivity contribution is 6.09. The lowest BCUT2D eigenvalue weighted by molar-refractivity contribution is 0.670. The molecule has 0 aliphatic heterocycles. The average Bonchev–Trinajstić information content (AvgIpc) is 3.58. The molecule has 49 heavy (non-hydrogen) atoms. The second kappa shape index (κ2) is 12.2. The largest absolute Gasteiger partial charge is 0.455 e. The number of aromatic nitrogens is 3. The molecular weight excluding hydrogens is 599 g/mol. The topological polar surface area (TPSA) is 51.8 Å². The van der Waals surface area contributed by atoms with E-state index in [1.54, 1.807) is 0 Å². The molecule has 0 spiro atoms. The molecule has 0 bridgehead atoms. The van der Waals surface area contributed by atoms with Crippen molar-refractivity contribution in [2.24, 2.45) is 0 Å². The van der Waals surface area contributed by atoms with Gasteiger partial charge in [-0.15, -0.1) is 0 Å². The van der Waals surface area contributed by atoms with Crippen LogP contribution >= 0.6 is 0 Å². The lowest BCUT2D eigenvalue weighted by Crippen LogP contribution is -2.00. The first-order valence-corrected chi connectivity index (χ1v) is 16.4. The summed E-state index contributed by atoms with van der Waals surface area (Å²) in [4.78, 5) is 15.0. The van der Waals surface area contributed by atoms with Crippen LogP contribution in [0.2, 0.25) is 0 Å². The van der Waals surface area contributed by atoms with E-state index in [2.05, 4.69) is 121 Å². The summed E-state index contributed by atoms with van der Waals surface area (Å²) in [5.74, 6) is 1.87. The highest BCUT2D eigenvalue weighted by atomic mass is 16.3. The Hall–Kier alpha value is -6.65. The van der Waals surface area contributed by atoms with E-state index in [9.17, 15) is 0 Å². The Bertz CT molecular complexity index is 2590. The highest BCUT2D eigenvalue weighted by Crippen LogP contribution is 2.37. The third-order valence-electron chi connectivity index (χ3n) is 8.95. The van der Waals surface area contributed by atoms with Crippen LogP contribution in [0, 0.1) is 0 Å². The first kappa shape index (κ1) is 28.6. The van der Waals surface area contributed by atoms with Gasteiger partial charge in [-0.3, -0.25) is 0 Å². The monoisotopic (exact) mass is 627 g/mol. The molecule has 0 atom stereocenters. The Morgan fingerprint density at radius 1 is 0.306 bits per heavy atom. The number of rotatable bonds is 6. The fourth-order valence-corrected chi connectivity index (χ4v) is 6.47. The van der Waals surface area contributed by atoms with Gasteiger partial charge in [-0.05, 0) is 46.0 Å². The molecule has 4 nitrogen and oxygen atoms in total. The predicted molar refractivity (Wildman–Crippen MR) is 200 cm³/mol. The zero-order valence-electron chi connectivity index (χ0n) is 26.5. The molecule has 230 valence electrons. The summed E-state index contributed by atoms with van der Waals surface area (Å²) in [6, 6.07) is 60.5. The summed E-state index contributed by atoms with van der Waals surface area (Å²) in [7, 11) is 0. The number of hydrogen-bond acceptors (Lipinski definition) is 4. The third kappa shape index (κ3) is 5.45. The molecular formula is C45H29N3O. The van der Waals surface area contributed by atoms with Crippen LogP contribution in [0.3, 0.4) is 0 Å². The zero-order chi connectivity index (χ0) is 32.6. The Labute approximate surface area is 284 Å². The molecule has 0 unspecified atom stereocenters. The van der Waals surface area contributed by atoms with Crippen LogP contribution in [-0.4, -0.2) is 15.0 Å². The first-order chi connectivity index (χ1) is 24.3. The van der Waals surface area contributed by atoms with Crippen molar-refractivity contribution in [3.05, 3.63) is 176 Å². The summed E-state index contributed by atoms with van der Waals surface area (Å²) >= 11 is 0. The van der Waals surface area contributed by atoms with E-state index in [0.717, 1.165) is 60.9 Å². The molecule has 9 aromatic rings. The molecule has 0 fully saturated rings. The highest BCUT2D eigenvalue weighted by Gasteiger charge is 2.16. The average molecular weight is 628 g/mol. The number of fused-ring (bicyclic) bond motifs is 3. The molecule has 0 saturated carbocycles. The summed E-state index contributed by atoms with van der Waals surface area (Å²) in [5, 5.41) is 2.21. The first-order valence-electron chi connectivity index (χ1n) is 16.4. The molecule has 4 heteroatoms. The van der Waals surface area contributed by atoms with Crippen molar-refractivity contribution in [3.8, 4) is 67.5 Å². The second-order valence-corrected chi connectivity index (χ2v) is 12.1. The minimum absolute atomic E-state index is 0.613. The van der Waals surface area contributed by atoms with Crippen molar-refractivity contribution in [2.75, 3.05) is 0 Å². The van der Waals surface area contributed by atoms with Crippen molar-refractivity contribution in [1.29, 1.82) is 0 Å². The van der Waals surface area contributed by atoms with E-state index in [1.165, 1.54) is 11.1 Å². The van der Waals surface area contributed by atoms with Gasteiger partial charge in [0.1, 0.15) is 11.2 Å². The van der Waals surface area contributed by atoms with Gasteiger partial charge >= 0.3 is 0 Å². The third-order valence-corrected chi connectivity index (χ3v) is 8.95. The van der Waals surface area contributed by atoms with Crippen molar-refractivity contribution < 1.29 is 4.42 Å². The van der Waals surface area contributed by atoms with Crippen LogP contribution in [0.4, 0.5) is 0 Å². The summed E-state index contributed by atoms with van der Waals surface area (Å²) in [6.07, 6.45) is 0. The molecule has 2 aromatic heterocycles. The number of para-hydroxylation sites is 2. The maximum atomic E-state index is 6.37. The minimum Gasteiger partial charge on any atom is -0.455 e. The quantitative estimate of drug-likeness (QED) is 0.184. The van der Waals surface area contributed by atoms with Gasteiger partial charge in [0.25, 0.3) is 0 Å². The summed E-state index contributed by atoms with van der Waals surface area (Å²) in [6.45, 7) is 0. The van der Waals surface area contributed by atoms with Crippen LogP contribution in [0.15, 0.2) is 180 Å². The van der Waals surface area contributed by atoms with Gasteiger partial charge in [0, 0.05) is 33.0 Å². The van der Waals surface area contributed by atoms with Crippen molar-refractivity contribution in [1.82, 2.24) is 15.0 Å². The number of hydrogen-bond donors (Lipinski definition) is 0. The fourth-order valence-electron chi connectivity index (χ4n) is 6.47. The van der Waals surface area contributed by atoms with Gasteiger partial charge < -0.3 is 4.42 Å². The molecule has 9 rings (SSSR count). The maximum Gasteiger partial charge on any atom is 0.164 e. The Balaban J connectivity index is 1.12. The molecule has 0 N–H and O–H groups in total. The minimum atomic E-state index is 0.613. The lowest BCUT2D eigenvalue weighted by atomic mass is 9.98. The van der Waals surface area contributed by atoms with E-state index >= 15 is 0 Å². The Kier molecular flexibility index (Phi) is 7.10. The normalized spacial score (nSPS) is 11.3. The standard InChI is InChI=1S/C45H29N3O/c1-3-12-30(13-4-1)34-16-9-17-35(28-34)31-24-26-33(27-25-31)44-46-43(32-14-5-2-6-15-32)47-45(48-44)37-19-10-18-36(29-37)38-21-11-22-40-39-20-7-8-23-41(39)49-42(38)40/h1-29H. The molecule has 0 radical (unpaired) electrons. The van der Waals surface area contributed by atoms with Gasteiger partial charge in [-0.2, -0.15) is 0 Å². The van der Waals surface area contributed by atoms with Gasteiger partial charge in [-0.1, -0.05) is 158 Å². The van der Waals surface area contributed by atoms with Crippen LogP contribution in [0.1, 0.15) is 0 Å². The second-order valence-electron chi connectivity index (χ2n) is 12.1. The number of nitrogens with zero attached hydrogens (tertiary/aromatic N) is 3. The van der Waals surface area contributed by atoms with Crippen molar-refractivity contribution in [2.45, 2.75) is 0 Å². The van der Waals surface area contributed by atoms with Crippen LogP contribution in [0.5, 0.6) is 0 Å². The molecule has 2 heterocycles. The van der Waals surface area contributed by atoms with E-state index in [-0.39, 0.29) is 0 Å². The SMILES string of the molecule is c1ccc(-c2cccc(-c3ccc(-c4nc(-c5ccccc5)nc(-c5cccc(-c6cccc7c6oc6ccccc67)c5)n4)cc3)c2)cc1. The van der Waals surface area contributed by atoms with Gasteiger partial charge in [0.15, 0.2) is 17.5 Å². The van der Waals surface area contributed by atoms with Crippen LogP contribution in [-0.2, 0) is 0 Å². The van der Waals surface area contributed by atoms with E-state index in [0.29, 0.717) is 17.5 Å². The zero-order valence-corrected chi connectivity index (χ0v) is 26.5. The number of furan rings is 1. The number of benzene rings is 7. The predicted octanol–water partition coefficient (Wildman–Crippen LogP) is 11.8. The lowest BCUT2D eigenvalue weighted by Gasteiger charge is -2.11. The van der Waals surface area contributed by atoms with Crippen molar-refractivity contribution in [3.63, 3.8) is 0 Å².